The summed E-state index contributed by atoms with van der Waals surface area (Å²) < 4.78 is 33.2. The molecule has 11 heteroatoms. The molecule has 0 amide bonds. The Hall–Kier alpha value is -1.82. The number of aliphatic carboxylic acids is 1. The van der Waals surface area contributed by atoms with Gasteiger partial charge in [-0.1, -0.05) is 11.2 Å². The second-order valence-corrected chi connectivity index (χ2v) is 8.06. The Bertz CT molecular complexity index is 802. The summed E-state index contributed by atoms with van der Waals surface area (Å²) in [4.78, 5) is 16.0. The molecule has 130 valence electrons. The molecule has 0 aliphatic carbocycles. The molecule has 0 spiro atoms. The maximum atomic E-state index is 12.3. The van der Waals surface area contributed by atoms with E-state index in [1.54, 1.807) is 0 Å². The average Bonchev–Trinajstić information content (AvgIpc) is 3.24. The van der Waals surface area contributed by atoms with E-state index in [1.807, 2.05) is 17.5 Å². The molecule has 3 heterocycles. The van der Waals surface area contributed by atoms with Gasteiger partial charge < -0.3 is 9.63 Å². The minimum Gasteiger partial charge on any atom is -0.481 e. The van der Waals surface area contributed by atoms with Gasteiger partial charge in [0.1, 0.15) is 0 Å². The Morgan fingerprint density at radius 3 is 3.08 bits per heavy atom. The molecule has 2 aromatic heterocycles. The lowest BCUT2D eigenvalue weighted by atomic mass is 10.0. The Kier molecular flexibility index (Phi) is 4.94. The zero-order valence-corrected chi connectivity index (χ0v) is 14.2. The number of nitrogens with zero attached hydrogens (tertiary/aromatic N) is 3. The maximum absolute atomic E-state index is 12.3. The van der Waals surface area contributed by atoms with Gasteiger partial charge >= 0.3 is 5.97 Å². The van der Waals surface area contributed by atoms with E-state index in [1.165, 1.54) is 11.3 Å². The van der Waals surface area contributed by atoms with Crippen LogP contribution < -0.4 is 4.72 Å². The molecule has 0 saturated carbocycles. The maximum Gasteiger partial charge on any atom is 0.307 e. The lowest BCUT2D eigenvalue weighted by Crippen LogP contribution is -2.47. The number of hydrogen-bond acceptors (Lipinski definition) is 7. The van der Waals surface area contributed by atoms with Gasteiger partial charge in [0.15, 0.2) is 5.82 Å². The third-order valence-electron chi connectivity index (χ3n) is 3.69. The molecular formula is C13H16N4O5S2. The van der Waals surface area contributed by atoms with Crippen LogP contribution in [0, 0.1) is 5.92 Å². The molecule has 9 nitrogen and oxygen atoms in total. The van der Waals surface area contributed by atoms with Gasteiger partial charge in [-0.3, -0.25) is 4.79 Å². The number of piperidine rings is 1. The van der Waals surface area contributed by atoms with Crippen molar-refractivity contribution in [2.45, 2.75) is 19.4 Å². The Morgan fingerprint density at radius 1 is 1.54 bits per heavy atom. The van der Waals surface area contributed by atoms with Crippen molar-refractivity contribution in [3.05, 3.63) is 23.3 Å². The van der Waals surface area contributed by atoms with E-state index in [-0.39, 0.29) is 18.9 Å². The van der Waals surface area contributed by atoms with Gasteiger partial charge in [-0.25, -0.2) is 0 Å². The monoisotopic (exact) mass is 372 g/mol. The molecule has 3 rings (SSSR count). The average molecular weight is 372 g/mol. The van der Waals surface area contributed by atoms with Crippen LogP contribution in [0.4, 0.5) is 0 Å². The third kappa shape index (κ3) is 3.80. The van der Waals surface area contributed by atoms with Gasteiger partial charge in [-0.2, -0.15) is 22.4 Å². The molecule has 0 radical (unpaired) electrons. The van der Waals surface area contributed by atoms with E-state index in [9.17, 15) is 13.2 Å². The van der Waals surface area contributed by atoms with Crippen molar-refractivity contribution in [2.75, 3.05) is 13.1 Å². The molecule has 1 aliphatic heterocycles. The van der Waals surface area contributed by atoms with Crippen molar-refractivity contribution >= 4 is 27.5 Å². The van der Waals surface area contributed by atoms with Crippen LogP contribution in [0.3, 0.4) is 0 Å². The first-order valence-corrected chi connectivity index (χ1v) is 9.61. The zero-order chi connectivity index (χ0) is 17.2. The first-order chi connectivity index (χ1) is 11.5. The van der Waals surface area contributed by atoms with Crippen molar-refractivity contribution in [3.8, 4) is 10.8 Å². The number of nitrogens with one attached hydrogen (secondary N) is 1. The summed E-state index contributed by atoms with van der Waals surface area (Å²) in [6.45, 7) is 0.147. The zero-order valence-electron chi connectivity index (χ0n) is 12.6. The summed E-state index contributed by atoms with van der Waals surface area (Å²) in [6, 6.07) is 3.67. The summed E-state index contributed by atoms with van der Waals surface area (Å²) in [5, 5.41) is 14.7. The number of hydrogen-bond donors (Lipinski definition) is 2. The van der Waals surface area contributed by atoms with Crippen LogP contribution in [0.2, 0.25) is 0 Å². The first kappa shape index (κ1) is 17.0. The van der Waals surface area contributed by atoms with Crippen LogP contribution in [0.15, 0.2) is 22.0 Å². The first-order valence-electron chi connectivity index (χ1n) is 7.30. The molecule has 1 aliphatic rings. The highest BCUT2D eigenvalue weighted by atomic mass is 32.2. The number of rotatable bonds is 6. The second kappa shape index (κ2) is 6.97. The van der Waals surface area contributed by atoms with Crippen LogP contribution in [0.1, 0.15) is 18.7 Å². The van der Waals surface area contributed by atoms with Gasteiger partial charge in [-0.15, -0.1) is 11.3 Å². The summed E-state index contributed by atoms with van der Waals surface area (Å²) in [5.74, 6) is -1.10. The summed E-state index contributed by atoms with van der Waals surface area (Å²) in [7, 11) is -3.79. The van der Waals surface area contributed by atoms with Gasteiger partial charge in [0.05, 0.1) is 17.3 Å². The second-order valence-electron chi connectivity index (χ2n) is 5.35. The predicted molar refractivity (Wildman–Crippen MR) is 85.3 cm³/mol. The van der Waals surface area contributed by atoms with Gasteiger partial charge in [0.25, 0.3) is 16.1 Å². The van der Waals surface area contributed by atoms with Crippen LogP contribution in [-0.2, 0) is 21.5 Å². The van der Waals surface area contributed by atoms with Crippen molar-refractivity contribution in [1.82, 2.24) is 19.2 Å². The normalized spacial score (nSPS) is 19.4. The van der Waals surface area contributed by atoms with Gasteiger partial charge in [-0.05, 0) is 24.3 Å². The molecule has 24 heavy (non-hydrogen) atoms. The summed E-state index contributed by atoms with van der Waals surface area (Å²) >= 11 is 1.44. The summed E-state index contributed by atoms with van der Waals surface area (Å²) in [6.07, 6.45) is 0.999. The Morgan fingerprint density at radius 2 is 2.38 bits per heavy atom. The van der Waals surface area contributed by atoms with Gasteiger partial charge in [0, 0.05) is 13.1 Å². The van der Waals surface area contributed by atoms with Crippen LogP contribution >= 0.6 is 11.3 Å². The lowest BCUT2D eigenvalue weighted by Gasteiger charge is -2.29. The van der Waals surface area contributed by atoms with Crippen molar-refractivity contribution in [1.29, 1.82) is 0 Å². The van der Waals surface area contributed by atoms with Crippen LogP contribution in [0.25, 0.3) is 10.8 Å². The fraction of sp³-hybridized carbons (Fsp3) is 0.462. The molecular weight excluding hydrogens is 356 g/mol. The highest BCUT2D eigenvalue weighted by Crippen LogP contribution is 2.22. The number of carboxylic acids is 1. The smallest absolute Gasteiger partial charge is 0.307 e. The van der Waals surface area contributed by atoms with Crippen LogP contribution in [0.5, 0.6) is 0 Å². The molecule has 2 aromatic rings. The number of carboxylic acid groups (broad SMARTS) is 1. The van der Waals surface area contributed by atoms with E-state index >= 15 is 0 Å². The number of aromatic nitrogens is 2. The fourth-order valence-corrected chi connectivity index (χ4v) is 4.32. The molecule has 1 unspecified atom stereocenters. The topological polar surface area (TPSA) is 126 Å². The highest BCUT2D eigenvalue weighted by Gasteiger charge is 2.32. The molecule has 2 N–H and O–H groups in total. The van der Waals surface area contributed by atoms with Crippen molar-refractivity contribution in [2.24, 2.45) is 5.92 Å². The van der Waals surface area contributed by atoms with Gasteiger partial charge in [0.2, 0.25) is 0 Å². The quantitative estimate of drug-likeness (QED) is 0.772. The van der Waals surface area contributed by atoms with Crippen molar-refractivity contribution in [3.63, 3.8) is 0 Å². The van der Waals surface area contributed by atoms with E-state index in [0.29, 0.717) is 25.3 Å². The number of thiophene rings is 1. The Balaban J connectivity index is 1.62. The highest BCUT2D eigenvalue weighted by molar-refractivity contribution is 7.87. The van der Waals surface area contributed by atoms with E-state index in [0.717, 1.165) is 9.18 Å². The van der Waals surface area contributed by atoms with E-state index < -0.39 is 22.1 Å². The minimum absolute atomic E-state index is 0.0304. The Labute approximate surface area is 142 Å². The minimum atomic E-state index is -3.79. The fourth-order valence-electron chi connectivity index (χ4n) is 2.44. The standard InChI is InChI=1S/C13H16N4O5S2/c18-13(19)9-3-1-5-17(8-9)24(20,21)14-7-11-15-12(22-16-11)10-4-2-6-23-10/h2,4,6,9,14H,1,3,5,7-8H2,(H,18,19). The lowest BCUT2D eigenvalue weighted by molar-refractivity contribution is -0.142. The molecule has 1 saturated heterocycles. The predicted octanol–water partition coefficient (Wildman–Crippen LogP) is 0.929. The largest absolute Gasteiger partial charge is 0.481 e. The van der Waals surface area contributed by atoms with E-state index in [2.05, 4.69) is 14.9 Å². The molecule has 0 bridgehead atoms. The molecule has 1 fully saturated rings. The number of carbonyl (C=O) groups is 1. The van der Waals surface area contributed by atoms with Crippen molar-refractivity contribution < 1.29 is 22.8 Å². The third-order valence-corrected chi connectivity index (χ3v) is 6.06. The van der Waals surface area contributed by atoms with E-state index in [4.69, 9.17) is 9.63 Å². The molecule has 0 aromatic carbocycles. The SMILES string of the molecule is O=C(O)C1CCCN(S(=O)(=O)NCc2noc(-c3cccs3)n2)C1. The molecule has 1 atom stereocenters. The van der Waals surface area contributed by atoms with Crippen LogP contribution in [-0.4, -0.2) is 47.0 Å². The summed E-state index contributed by atoms with van der Waals surface area (Å²) in [5.41, 5.74) is 0.